The van der Waals surface area contributed by atoms with Crippen molar-refractivity contribution in [2.24, 2.45) is 4.99 Å². The summed E-state index contributed by atoms with van der Waals surface area (Å²) < 4.78 is 16.0. The van der Waals surface area contributed by atoms with Gasteiger partial charge in [0.15, 0.2) is 17.5 Å². The van der Waals surface area contributed by atoms with Crippen LogP contribution < -0.4 is 20.1 Å². The Labute approximate surface area is 168 Å². The zero-order chi connectivity index (χ0) is 18.0. The molecule has 6 nitrogen and oxygen atoms in total. The minimum absolute atomic E-state index is 0. The number of methoxy groups -OCH3 is 3. The smallest absolute Gasteiger partial charge is 0.191 e. The van der Waals surface area contributed by atoms with Crippen LogP contribution in [0.2, 0.25) is 0 Å². The zero-order valence-electron chi connectivity index (χ0n) is 16.1. The summed E-state index contributed by atoms with van der Waals surface area (Å²) in [6.07, 6.45) is 1.94. The molecule has 1 rings (SSSR count). The molecule has 2 N–H and O–H groups in total. The number of aliphatic imine (C=N–C) groups is 1. The van der Waals surface area contributed by atoms with E-state index in [-0.39, 0.29) is 29.6 Å². The van der Waals surface area contributed by atoms with E-state index in [1.165, 1.54) is 5.56 Å². The average molecular weight is 465 g/mol. The van der Waals surface area contributed by atoms with Crippen LogP contribution in [0.3, 0.4) is 0 Å². The summed E-state index contributed by atoms with van der Waals surface area (Å²) in [6, 6.07) is 6.03. The SMILES string of the molecule is CN=C(NCCCc1ccc(OC)c(OC)c1)NCC(C)(C)OC.I. The summed E-state index contributed by atoms with van der Waals surface area (Å²) in [7, 11) is 6.77. The van der Waals surface area contributed by atoms with Crippen molar-refractivity contribution in [2.75, 3.05) is 41.5 Å². The van der Waals surface area contributed by atoms with Crippen molar-refractivity contribution < 1.29 is 14.2 Å². The van der Waals surface area contributed by atoms with Crippen molar-refractivity contribution in [3.05, 3.63) is 23.8 Å². The second-order valence-electron chi connectivity index (χ2n) is 6.11. The maximum absolute atomic E-state index is 5.39. The first-order chi connectivity index (χ1) is 11.5. The maximum atomic E-state index is 5.39. The van der Waals surface area contributed by atoms with Crippen molar-refractivity contribution in [1.29, 1.82) is 0 Å². The van der Waals surface area contributed by atoms with Gasteiger partial charge in [-0.1, -0.05) is 6.07 Å². The van der Waals surface area contributed by atoms with Crippen LogP contribution in [0.1, 0.15) is 25.8 Å². The Morgan fingerprint density at radius 1 is 1.08 bits per heavy atom. The van der Waals surface area contributed by atoms with Crippen LogP contribution in [0.25, 0.3) is 0 Å². The summed E-state index contributed by atoms with van der Waals surface area (Å²) >= 11 is 0. The molecule has 0 bridgehead atoms. The monoisotopic (exact) mass is 465 g/mol. The molecule has 0 amide bonds. The van der Waals surface area contributed by atoms with Gasteiger partial charge in [-0.05, 0) is 44.4 Å². The molecule has 1 aromatic carbocycles. The number of halogens is 1. The Morgan fingerprint density at radius 3 is 2.32 bits per heavy atom. The lowest BCUT2D eigenvalue weighted by Crippen LogP contribution is -2.45. The zero-order valence-corrected chi connectivity index (χ0v) is 18.5. The number of aryl methyl sites for hydroxylation is 1. The van der Waals surface area contributed by atoms with Gasteiger partial charge in [-0.3, -0.25) is 4.99 Å². The van der Waals surface area contributed by atoms with Gasteiger partial charge in [-0.15, -0.1) is 24.0 Å². The minimum Gasteiger partial charge on any atom is -0.493 e. The third-order valence-electron chi connectivity index (χ3n) is 3.84. The van der Waals surface area contributed by atoms with Crippen LogP contribution in [-0.4, -0.2) is 53.0 Å². The van der Waals surface area contributed by atoms with Crippen LogP contribution in [0.5, 0.6) is 11.5 Å². The van der Waals surface area contributed by atoms with E-state index in [0.29, 0.717) is 6.54 Å². The Balaban J connectivity index is 0.00000576. The summed E-state index contributed by atoms with van der Waals surface area (Å²) in [6.45, 7) is 5.59. The molecule has 0 atom stereocenters. The molecular formula is C18H32IN3O3. The van der Waals surface area contributed by atoms with Crippen molar-refractivity contribution in [1.82, 2.24) is 10.6 Å². The van der Waals surface area contributed by atoms with Gasteiger partial charge in [0.05, 0.1) is 19.8 Å². The first-order valence-electron chi connectivity index (χ1n) is 8.16. The van der Waals surface area contributed by atoms with E-state index >= 15 is 0 Å². The number of ether oxygens (including phenoxy) is 3. The summed E-state index contributed by atoms with van der Waals surface area (Å²) in [5, 5.41) is 6.58. The highest BCUT2D eigenvalue weighted by molar-refractivity contribution is 14.0. The van der Waals surface area contributed by atoms with Crippen LogP contribution in [-0.2, 0) is 11.2 Å². The van der Waals surface area contributed by atoms with Crippen LogP contribution in [0.4, 0.5) is 0 Å². The molecule has 0 saturated carbocycles. The van der Waals surface area contributed by atoms with E-state index in [0.717, 1.165) is 36.8 Å². The van der Waals surface area contributed by atoms with Crippen LogP contribution >= 0.6 is 24.0 Å². The fraction of sp³-hybridized carbons (Fsp3) is 0.611. The molecule has 144 valence electrons. The van der Waals surface area contributed by atoms with Crippen molar-refractivity contribution >= 4 is 29.9 Å². The molecule has 25 heavy (non-hydrogen) atoms. The molecule has 0 unspecified atom stereocenters. The molecule has 1 aromatic rings. The average Bonchev–Trinajstić information content (AvgIpc) is 2.60. The van der Waals surface area contributed by atoms with Crippen LogP contribution in [0, 0.1) is 0 Å². The molecule has 0 aliphatic carbocycles. The van der Waals surface area contributed by atoms with Gasteiger partial charge in [-0.2, -0.15) is 0 Å². The highest BCUT2D eigenvalue weighted by Gasteiger charge is 2.16. The largest absolute Gasteiger partial charge is 0.493 e. The summed E-state index contributed by atoms with van der Waals surface area (Å²) in [5.41, 5.74) is 0.995. The Bertz CT molecular complexity index is 536. The van der Waals surface area contributed by atoms with Gasteiger partial charge < -0.3 is 24.8 Å². The van der Waals surface area contributed by atoms with E-state index in [1.807, 2.05) is 26.0 Å². The lowest BCUT2D eigenvalue weighted by atomic mass is 10.1. The highest BCUT2D eigenvalue weighted by Crippen LogP contribution is 2.27. The Kier molecular flexibility index (Phi) is 11.6. The molecule has 0 aliphatic rings. The summed E-state index contributed by atoms with van der Waals surface area (Å²) in [4.78, 5) is 4.22. The van der Waals surface area contributed by atoms with E-state index in [9.17, 15) is 0 Å². The lowest BCUT2D eigenvalue weighted by Gasteiger charge is -2.24. The quantitative estimate of drug-likeness (QED) is 0.254. The molecule has 0 aromatic heterocycles. The minimum atomic E-state index is -0.225. The first kappa shape index (κ1) is 23.8. The second-order valence-corrected chi connectivity index (χ2v) is 6.11. The second kappa shape index (κ2) is 12.2. The number of rotatable bonds is 9. The van der Waals surface area contributed by atoms with Crippen LogP contribution in [0.15, 0.2) is 23.2 Å². The first-order valence-corrected chi connectivity index (χ1v) is 8.16. The Hall–Kier alpha value is -1.22. The Morgan fingerprint density at radius 2 is 1.76 bits per heavy atom. The molecule has 7 heteroatoms. The normalized spacial score (nSPS) is 11.5. The van der Waals surface area contributed by atoms with Crippen molar-refractivity contribution in [3.8, 4) is 11.5 Å². The fourth-order valence-electron chi connectivity index (χ4n) is 2.12. The van der Waals surface area contributed by atoms with Crippen molar-refractivity contribution in [2.45, 2.75) is 32.3 Å². The topological polar surface area (TPSA) is 64.1 Å². The number of hydrogen-bond donors (Lipinski definition) is 2. The highest BCUT2D eigenvalue weighted by atomic mass is 127. The third-order valence-corrected chi connectivity index (χ3v) is 3.84. The van der Waals surface area contributed by atoms with E-state index in [1.54, 1.807) is 28.4 Å². The number of benzene rings is 1. The molecule has 0 aliphatic heterocycles. The lowest BCUT2D eigenvalue weighted by molar-refractivity contribution is 0.0268. The molecule has 0 spiro atoms. The fourth-order valence-corrected chi connectivity index (χ4v) is 2.12. The van der Waals surface area contributed by atoms with E-state index in [2.05, 4.69) is 21.7 Å². The predicted octanol–water partition coefficient (Wildman–Crippen LogP) is 2.84. The molecule has 0 fully saturated rings. The maximum Gasteiger partial charge on any atom is 0.191 e. The van der Waals surface area contributed by atoms with Gasteiger partial charge in [-0.25, -0.2) is 0 Å². The third kappa shape index (κ3) is 8.62. The van der Waals surface area contributed by atoms with Gasteiger partial charge in [0.2, 0.25) is 0 Å². The predicted molar refractivity (Wildman–Crippen MR) is 114 cm³/mol. The number of guanidine groups is 1. The molecule has 0 heterocycles. The molecule has 0 radical (unpaired) electrons. The standard InChI is InChI=1S/C18H31N3O3.HI/c1-18(2,24-6)13-21-17(19-3)20-11-7-8-14-9-10-15(22-4)16(12-14)23-5;/h9-10,12H,7-8,11,13H2,1-6H3,(H2,19,20,21);1H. The molecule has 0 saturated heterocycles. The van der Waals surface area contributed by atoms with Gasteiger partial charge in [0, 0.05) is 27.2 Å². The number of nitrogens with one attached hydrogen (secondary N) is 2. The van der Waals surface area contributed by atoms with Gasteiger partial charge >= 0.3 is 0 Å². The summed E-state index contributed by atoms with van der Waals surface area (Å²) in [5.74, 6) is 2.31. The van der Waals surface area contributed by atoms with E-state index < -0.39 is 0 Å². The number of nitrogens with zero attached hydrogens (tertiary/aromatic N) is 1. The van der Waals surface area contributed by atoms with Gasteiger partial charge in [0.1, 0.15) is 0 Å². The van der Waals surface area contributed by atoms with E-state index in [4.69, 9.17) is 14.2 Å². The number of hydrogen-bond acceptors (Lipinski definition) is 4. The molecular weight excluding hydrogens is 433 g/mol. The van der Waals surface area contributed by atoms with Crippen molar-refractivity contribution in [3.63, 3.8) is 0 Å². The van der Waals surface area contributed by atoms with Gasteiger partial charge in [0.25, 0.3) is 0 Å².